The quantitative estimate of drug-likeness (QED) is 0.684. The molecule has 0 bridgehead atoms. The van der Waals surface area contributed by atoms with Crippen LogP contribution in [0.15, 0.2) is 51.9 Å². The highest BCUT2D eigenvalue weighted by molar-refractivity contribution is 5.93. The lowest BCUT2D eigenvalue weighted by atomic mass is 10.1. The van der Waals surface area contributed by atoms with Gasteiger partial charge in [-0.05, 0) is 61.2 Å². The van der Waals surface area contributed by atoms with Crippen molar-refractivity contribution in [3.63, 3.8) is 0 Å². The maximum Gasteiger partial charge on any atom is 0.289 e. The van der Waals surface area contributed by atoms with Gasteiger partial charge in [-0.15, -0.1) is 0 Å². The number of nitrogens with zero attached hydrogens (tertiary/aromatic N) is 3. The molecule has 29 heavy (non-hydrogen) atoms. The van der Waals surface area contributed by atoms with E-state index in [2.05, 4.69) is 9.88 Å². The fourth-order valence-electron chi connectivity index (χ4n) is 3.68. The monoisotopic (exact) mass is 391 g/mol. The lowest BCUT2D eigenvalue weighted by molar-refractivity contribution is 0.0608. The van der Waals surface area contributed by atoms with E-state index in [4.69, 9.17) is 4.42 Å². The van der Waals surface area contributed by atoms with Crippen LogP contribution in [0.3, 0.4) is 0 Å². The van der Waals surface area contributed by atoms with Crippen LogP contribution in [0.1, 0.15) is 27.2 Å². The van der Waals surface area contributed by atoms with E-state index in [1.165, 1.54) is 11.6 Å². The number of aromatic nitrogens is 1. The molecule has 6 heteroatoms. The van der Waals surface area contributed by atoms with Gasteiger partial charge in [0, 0.05) is 51.2 Å². The third kappa shape index (κ3) is 4.22. The zero-order chi connectivity index (χ0) is 20.4. The van der Waals surface area contributed by atoms with Crippen molar-refractivity contribution in [2.24, 2.45) is 0 Å². The summed E-state index contributed by atoms with van der Waals surface area (Å²) in [6, 6.07) is 9.05. The number of pyridine rings is 1. The Balaban J connectivity index is 1.42. The van der Waals surface area contributed by atoms with Crippen LogP contribution in [0.4, 0.5) is 0 Å². The molecule has 1 aliphatic rings. The van der Waals surface area contributed by atoms with Crippen LogP contribution in [-0.2, 0) is 6.42 Å². The van der Waals surface area contributed by atoms with Gasteiger partial charge in [-0.2, -0.15) is 0 Å². The maximum atomic E-state index is 12.9. The first kappa shape index (κ1) is 19.3. The maximum absolute atomic E-state index is 12.9. The molecule has 0 N–H and O–H groups in total. The van der Waals surface area contributed by atoms with E-state index >= 15 is 0 Å². The second-order valence-corrected chi connectivity index (χ2v) is 7.65. The van der Waals surface area contributed by atoms with E-state index in [1.54, 1.807) is 4.90 Å². The molecular formula is C23H25N3O3. The summed E-state index contributed by atoms with van der Waals surface area (Å²) in [5, 5.41) is 0.519. The summed E-state index contributed by atoms with van der Waals surface area (Å²) >= 11 is 0. The topological polar surface area (TPSA) is 66.7 Å². The molecular weight excluding hydrogens is 366 g/mol. The molecule has 2 aromatic heterocycles. The summed E-state index contributed by atoms with van der Waals surface area (Å²) in [4.78, 5) is 33.5. The number of rotatable bonds is 4. The number of hydrogen-bond acceptors (Lipinski definition) is 5. The molecule has 1 fully saturated rings. The van der Waals surface area contributed by atoms with Gasteiger partial charge in [0.25, 0.3) is 5.91 Å². The molecule has 3 heterocycles. The first-order chi connectivity index (χ1) is 14.0. The molecule has 1 aliphatic heterocycles. The van der Waals surface area contributed by atoms with Gasteiger partial charge in [-0.3, -0.25) is 19.5 Å². The highest BCUT2D eigenvalue weighted by Crippen LogP contribution is 2.19. The van der Waals surface area contributed by atoms with Crippen molar-refractivity contribution in [1.29, 1.82) is 0 Å². The summed E-state index contributed by atoms with van der Waals surface area (Å²) in [5.41, 5.74) is 3.63. The number of carbonyl (C=O) groups is 1. The molecule has 0 aliphatic carbocycles. The van der Waals surface area contributed by atoms with E-state index in [0.717, 1.165) is 37.2 Å². The molecule has 1 aromatic carbocycles. The highest BCUT2D eigenvalue weighted by atomic mass is 16.3. The summed E-state index contributed by atoms with van der Waals surface area (Å²) < 4.78 is 5.81. The lowest BCUT2D eigenvalue weighted by Gasteiger charge is -2.34. The average Bonchev–Trinajstić information content (AvgIpc) is 2.74. The number of piperazine rings is 1. The Kier molecular flexibility index (Phi) is 5.45. The highest BCUT2D eigenvalue weighted by Gasteiger charge is 2.24. The molecule has 1 saturated heterocycles. The standard InChI is InChI=1S/C23H25N3O3/c1-16-13-19-20(27)15-22(29-21(19)14-17(16)2)23(28)26-11-9-25(10-12-26)8-5-18-3-6-24-7-4-18/h3-4,6-7,13-15H,5,8-12H2,1-2H3. The van der Waals surface area contributed by atoms with Crippen molar-refractivity contribution in [2.75, 3.05) is 32.7 Å². The van der Waals surface area contributed by atoms with Gasteiger partial charge in [0.05, 0.1) is 5.39 Å². The lowest BCUT2D eigenvalue weighted by Crippen LogP contribution is -2.49. The SMILES string of the molecule is Cc1cc2oc(C(=O)N3CCN(CCc4ccncc4)CC3)cc(=O)c2cc1C. The Morgan fingerprint density at radius 3 is 2.45 bits per heavy atom. The molecule has 0 radical (unpaired) electrons. The van der Waals surface area contributed by atoms with Gasteiger partial charge in [0.2, 0.25) is 0 Å². The van der Waals surface area contributed by atoms with Crippen LogP contribution in [0.2, 0.25) is 0 Å². The van der Waals surface area contributed by atoms with Gasteiger partial charge < -0.3 is 9.32 Å². The Hall–Kier alpha value is -2.99. The Labute approximate surface area is 169 Å². The fraction of sp³-hybridized carbons (Fsp3) is 0.348. The Morgan fingerprint density at radius 1 is 1.03 bits per heavy atom. The minimum absolute atomic E-state index is 0.121. The van der Waals surface area contributed by atoms with Crippen LogP contribution in [0.25, 0.3) is 11.0 Å². The minimum Gasteiger partial charge on any atom is -0.451 e. The van der Waals surface area contributed by atoms with Crippen molar-refractivity contribution in [2.45, 2.75) is 20.3 Å². The van der Waals surface area contributed by atoms with Gasteiger partial charge in [-0.1, -0.05) is 0 Å². The van der Waals surface area contributed by atoms with Gasteiger partial charge in [0.1, 0.15) is 5.58 Å². The average molecular weight is 391 g/mol. The van der Waals surface area contributed by atoms with Crippen LogP contribution < -0.4 is 5.43 Å². The van der Waals surface area contributed by atoms with E-state index in [1.807, 2.05) is 50.5 Å². The van der Waals surface area contributed by atoms with Crippen molar-refractivity contribution in [3.8, 4) is 0 Å². The predicted molar refractivity (Wildman–Crippen MR) is 112 cm³/mol. The van der Waals surface area contributed by atoms with Crippen molar-refractivity contribution in [1.82, 2.24) is 14.8 Å². The first-order valence-electron chi connectivity index (χ1n) is 9.97. The molecule has 4 rings (SSSR count). The van der Waals surface area contributed by atoms with E-state index in [0.29, 0.717) is 24.1 Å². The molecule has 150 valence electrons. The zero-order valence-electron chi connectivity index (χ0n) is 16.9. The van der Waals surface area contributed by atoms with Gasteiger partial charge >= 0.3 is 0 Å². The normalized spacial score (nSPS) is 15.0. The second kappa shape index (κ2) is 8.17. The number of carbonyl (C=O) groups excluding carboxylic acids is 1. The summed E-state index contributed by atoms with van der Waals surface area (Å²) in [6.07, 6.45) is 4.59. The van der Waals surface area contributed by atoms with Crippen molar-refractivity contribution < 1.29 is 9.21 Å². The molecule has 0 spiro atoms. The summed E-state index contributed by atoms with van der Waals surface area (Å²) in [6.45, 7) is 7.76. The number of benzene rings is 1. The third-order valence-corrected chi connectivity index (χ3v) is 5.68. The van der Waals surface area contributed by atoms with Crippen LogP contribution in [0.5, 0.6) is 0 Å². The van der Waals surface area contributed by atoms with Crippen LogP contribution in [-0.4, -0.2) is 53.4 Å². The van der Waals surface area contributed by atoms with Crippen molar-refractivity contribution in [3.05, 3.63) is 75.4 Å². The van der Waals surface area contributed by atoms with E-state index in [-0.39, 0.29) is 17.1 Å². The third-order valence-electron chi connectivity index (χ3n) is 5.68. The predicted octanol–water partition coefficient (Wildman–Crippen LogP) is 2.81. The van der Waals surface area contributed by atoms with E-state index < -0.39 is 0 Å². The molecule has 0 atom stereocenters. The number of fused-ring (bicyclic) bond motifs is 1. The van der Waals surface area contributed by atoms with Gasteiger partial charge in [-0.25, -0.2) is 0 Å². The van der Waals surface area contributed by atoms with Crippen LogP contribution >= 0.6 is 0 Å². The Morgan fingerprint density at radius 2 is 1.72 bits per heavy atom. The van der Waals surface area contributed by atoms with Crippen LogP contribution in [0, 0.1) is 13.8 Å². The van der Waals surface area contributed by atoms with E-state index in [9.17, 15) is 9.59 Å². The molecule has 0 unspecified atom stereocenters. The fourth-order valence-corrected chi connectivity index (χ4v) is 3.68. The second-order valence-electron chi connectivity index (χ2n) is 7.65. The summed E-state index contributed by atoms with van der Waals surface area (Å²) in [7, 11) is 0. The largest absolute Gasteiger partial charge is 0.451 e. The number of aryl methyl sites for hydroxylation is 2. The molecule has 6 nitrogen and oxygen atoms in total. The zero-order valence-corrected chi connectivity index (χ0v) is 16.9. The molecule has 0 saturated carbocycles. The number of amides is 1. The minimum atomic E-state index is -0.212. The molecule has 3 aromatic rings. The van der Waals surface area contributed by atoms with Gasteiger partial charge in [0.15, 0.2) is 11.2 Å². The Bertz CT molecular complexity index is 1080. The van der Waals surface area contributed by atoms with Crippen molar-refractivity contribution >= 4 is 16.9 Å². The smallest absolute Gasteiger partial charge is 0.289 e. The first-order valence-corrected chi connectivity index (χ1v) is 9.97. The summed E-state index contributed by atoms with van der Waals surface area (Å²) in [5.74, 6) is -0.0907. The molecule has 1 amide bonds. The number of hydrogen-bond donors (Lipinski definition) is 0.